The summed E-state index contributed by atoms with van der Waals surface area (Å²) in [5.41, 5.74) is 3.74. The lowest BCUT2D eigenvalue weighted by Crippen LogP contribution is -2.13. The summed E-state index contributed by atoms with van der Waals surface area (Å²) in [6, 6.07) is 14.3. The third kappa shape index (κ3) is 3.89. The van der Waals surface area contributed by atoms with Crippen LogP contribution in [0.2, 0.25) is 0 Å². The van der Waals surface area contributed by atoms with Gasteiger partial charge in [0.05, 0.1) is 5.39 Å². The number of carbonyl (C=O) groups is 1. The molecular formula is C23H19FN4OS. The number of hydrogen-bond acceptors (Lipinski definition) is 5. The molecule has 0 aliphatic heterocycles. The first-order valence-corrected chi connectivity index (χ1v) is 10.7. The fourth-order valence-corrected chi connectivity index (χ4v) is 4.30. The van der Waals surface area contributed by atoms with Crippen LogP contribution in [-0.4, -0.2) is 15.9 Å². The normalized spacial score (nSPS) is 13.4. The van der Waals surface area contributed by atoms with E-state index in [-0.39, 0.29) is 17.6 Å². The molecule has 1 amide bonds. The van der Waals surface area contributed by atoms with Gasteiger partial charge in [-0.15, -0.1) is 11.3 Å². The van der Waals surface area contributed by atoms with Gasteiger partial charge in [-0.2, -0.15) is 0 Å². The standard InChI is InChI=1S/C23H19FN4OS/c24-17-8-6-15(7-9-17)19-12-30-23-20(19)21(26-13-27-23)25-11-14-2-1-3-18(10-14)28-22(29)16-4-5-16/h1-3,6-10,12-13,16H,4-5,11H2,(H,28,29)(H,25,26,27). The molecule has 0 atom stereocenters. The average molecular weight is 418 g/mol. The maximum absolute atomic E-state index is 13.3. The number of nitrogens with one attached hydrogen (secondary N) is 2. The largest absolute Gasteiger partial charge is 0.365 e. The predicted molar refractivity (Wildman–Crippen MR) is 118 cm³/mol. The smallest absolute Gasteiger partial charge is 0.227 e. The molecule has 4 aromatic rings. The lowest BCUT2D eigenvalue weighted by atomic mass is 10.1. The third-order valence-electron chi connectivity index (χ3n) is 5.13. The van der Waals surface area contributed by atoms with Crippen molar-refractivity contribution in [2.24, 2.45) is 5.92 Å². The molecule has 0 saturated heterocycles. The minimum atomic E-state index is -0.262. The number of rotatable bonds is 6. The van der Waals surface area contributed by atoms with Crippen LogP contribution >= 0.6 is 11.3 Å². The molecule has 1 fully saturated rings. The first-order chi connectivity index (χ1) is 14.7. The van der Waals surface area contributed by atoms with E-state index in [1.54, 1.807) is 18.5 Å². The summed E-state index contributed by atoms with van der Waals surface area (Å²) >= 11 is 1.53. The van der Waals surface area contributed by atoms with Crippen molar-refractivity contribution < 1.29 is 9.18 Å². The number of thiophene rings is 1. The van der Waals surface area contributed by atoms with Gasteiger partial charge in [-0.05, 0) is 48.2 Å². The topological polar surface area (TPSA) is 66.9 Å². The Labute approximate surface area is 177 Å². The van der Waals surface area contributed by atoms with Crippen LogP contribution in [-0.2, 0) is 11.3 Å². The van der Waals surface area contributed by atoms with Crippen molar-refractivity contribution in [2.75, 3.05) is 10.6 Å². The summed E-state index contributed by atoms with van der Waals surface area (Å²) in [5.74, 6) is 0.735. The number of carbonyl (C=O) groups excluding carboxylic acids is 1. The summed E-state index contributed by atoms with van der Waals surface area (Å²) in [6.07, 6.45) is 3.50. The van der Waals surface area contributed by atoms with Crippen LogP contribution in [0.5, 0.6) is 0 Å². The number of halogens is 1. The van der Waals surface area contributed by atoms with E-state index in [1.807, 2.05) is 29.6 Å². The summed E-state index contributed by atoms with van der Waals surface area (Å²) in [6.45, 7) is 0.554. The Morgan fingerprint density at radius 1 is 1.13 bits per heavy atom. The quantitative estimate of drug-likeness (QED) is 0.436. The van der Waals surface area contributed by atoms with E-state index in [0.29, 0.717) is 6.54 Å². The highest BCUT2D eigenvalue weighted by molar-refractivity contribution is 7.17. The summed E-state index contributed by atoms with van der Waals surface area (Å²) < 4.78 is 13.3. The van der Waals surface area contributed by atoms with Crippen LogP contribution in [0.1, 0.15) is 18.4 Å². The van der Waals surface area contributed by atoms with Crippen molar-refractivity contribution in [3.8, 4) is 11.1 Å². The van der Waals surface area contributed by atoms with Gasteiger partial charge >= 0.3 is 0 Å². The second kappa shape index (κ2) is 7.84. The van der Waals surface area contributed by atoms with Crippen LogP contribution in [0.15, 0.2) is 60.2 Å². The van der Waals surface area contributed by atoms with Gasteiger partial charge in [-0.1, -0.05) is 24.3 Å². The first kappa shape index (κ1) is 18.7. The molecule has 2 heterocycles. The highest BCUT2D eigenvalue weighted by Crippen LogP contribution is 2.36. The lowest BCUT2D eigenvalue weighted by Gasteiger charge is -2.10. The zero-order valence-electron chi connectivity index (χ0n) is 16.1. The first-order valence-electron chi connectivity index (χ1n) is 9.79. The zero-order chi connectivity index (χ0) is 20.5. The van der Waals surface area contributed by atoms with Crippen molar-refractivity contribution >= 4 is 39.0 Å². The fraction of sp³-hybridized carbons (Fsp3) is 0.174. The fourth-order valence-electron chi connectivity index (χ4n) is 3.39. The van der Waals surface area contributed by atoms with Crippen molar-refractivity contribution in [2.45, 2.75) is 19.4 Å². The molecule has 1 saturated carbocycles. The molecule has 150 valence electrons. The Morgan fingerprint density at radius 3 is 2.77 bits per heavy atom. The van der Waals surface area contributed by atoms with E-state index >= 15 is 0 Å². The van der Waals surface area contributed by atoms with Gasteiger partial charge in [0, 0.05) is 29.1 Å². The van der Waals surface area contributed by atoms with Crippen molar-refractivity contribution in [3.63, 3.8) is 0 Å². The van der Waals surface area contributed by atoms with Crippen molar-refractivity contribution in [1.82, 2.24) is 9.97 Å². The molecule has 0 bridgehead atoms. The number of fused-ring (bicyclic) bond motifs is 1. The zero-order valence-corrected chi connectivity index (χ0v) is 16.9. The number of nitrogens with zero attached hydrogens (tertiary/aromatic N) is 2. The van der Waals surface area contributed by atoms with Gasteiger partial charge in [-0.3, -0.25) is 4.79 Å². The van der Waals surface area contributed by atoms with E-state index in [0.717, 1.165) is 51.3 Å². The van der Waals surface area contributed by atoms with E-state index in [2.05, 4.69) is 20.6 Å². The number of amides is 1. The maximum atomic E-state index is 13.3. The molecule has 7 heteroatoms. The molecular weight excluding hydrogens is 399 g/mol. The van der Waals surface area contributed by atoms with Gasteiger partial charge in [0.1, 0.15) is 22.8 Å². The highest BCUT2D eigenvalue weighted by atomic mass is 32.1. The Hall–Kier alpha value is -3.32. The molecule has 1 aliphatic rings. The SMILES string of the molecule is O=C(Nc1cccc(CNc2ncnc3scc(-c4ccc(F)cc4)c23)c1)C1CC1. The van der Waals surface area contributed by atoms with Gasteiger partial charge in [0.2, 0.25) is 5.91 Å². The van der Waals surface area contributed by atoms with Gasteiger partial charge < -0.3 is 10.6 Å². The van der Waals surface area contributed by atoms with Crippen molar-refractivity contribution in [1.29, 1.82) is 0 Å². The van der Waals surface area contributed by atoms with Crippen LogP contribution in [0.25, 0.3) is 21.3 Å². The predicted octanol–water partition coefficient (Wildman–Crippen LogP) is 5.46. The molecule has 1 aliphatic carbocycles. The monoisotopic (exact) mass is 418 g/mol. The Bertz CT molecular complexity index is 1220. The van der Waals surface area contributed by atoms with E-state index < -0.39 is 0 Å². The molecule has 2 aromatic carbocycles. The summed E-state index contributed by atoms with van der Waals surface area (Å²) in [7, 11) is 0. The van der Waals surface area contributed by atoms with Gasteiger partial charge in [-0.25, -0.2) is 14.4 Å². The molecule has 0 unspecified atom stereocenters. The third-order valence-corrected chi connectivity index (χ3v) is 6.01. The molecule has 2 N–H and O–H groups in total. The minimum absolute atomic E-state index is 0.0971. The van der Waals surface area contributed by atoms with Crippen LogP contribution < -0.4 is 10.6 Å². The highest BCUT2D eigenvalue weighted by Gasteiger charge is 2.29. The number of hydrogen-bond donors (Lipinski definition) is 2. The Balaban J connectivity index is 1.39. The molecule has 30 heavy (non-hydrogen) atoms. The lowest BCUT2D eigenvalue weighted by molar-refractivity contribution is -0.117. The minimum Gasteiger partial charge on any atom is -0.365 e. The van der Waals surface area contributed by atoms with Gasteiger partial charge in [0.15, 0.2) is 0 Å². The Morgan fingerprint density at radius 2 is 1.97 bits per heavy atom. The molecule has 0 spiro atoms. The number of aromatic nitrogens is 2. The summed E-state index contributed by atoms with van der Waals surface area (Å²) in [5, 5.41) is 9.32. The second-order valence-electron chi connectivity index (χ2n) is 7.38. The second-order valence-corrected chi connectivity index (χ2v) is 8.23. The van der Waals surface area contributed by atoms with E-state index in [9.17, 15) is 9.18 Å². The Kier molecular flexibility index (Phi) is 4.88. The maximum Gasteiger partial charge on any atom is 0.227 e. The number of benzene rings is 2. The van der Waals surface area contributed by atoms with E-state index in [1.165, 1.54) is 23.5 Å². The summed E-state index contributed by atoms with van der Waals surface area (Å²) in [4.78, 5) is 21.7. The average Bonchev–Trinajstić information content (AvgIpc) is 3.53. The number of anilines is 2. The molecule has 5 rings (SSSR count). The van der Waals surface area contributed by atoms with Crippen LogP contribution in [0.4, 0.5) is 15.9 Å². The van der Waals surface area contributed by atoms with Crippen LogP contribution in [0.3, 0.4) is 0 Å². The molecule has 0 radical (unpaired) electrons. The molecule has 2 aromatic heterocycles. The van der Waals surface area contributed by atoms with E-state index in [4.69, 9.17) is 0 Å². The molecule has 5 nitrogen and oxygen atoms in total. The van der Waals surface area contributed by atoms with Gasteiger partial charge in [0.25, 0.3) is 0 Å². The van der Waals surface area contributed by atoms with Crippen LogP contribution in [0, 0.1) is 11.7 Å². The van der Waals surface area contributed by atoms with Crippen molar-refractivity contribution in [3.05, 3.63) is 71.6 Å².